The lowest BCUT2D eigenvalue weighted by molar-refractivity contribution is -0.123. The van der Waals surface area contributed by atoms with Crippen molar-refractivity contribution in [2.24, 2.45) is 0 Å². The Kier molecular flexibility index (Phi) is 7.18. The summed E-state index contributed by atoms with van der Waals surface area (Å²) in [5, 5.41) is 0. The van der Waals surface area contributed by atoms with Gasteiger partial charge >= 0.3 is 0 Å². The molecule has 0 radical (unpaired) electrons. The van der Waals surface area contributed by atoms with Gasteiger partial charge in [-0.1, -0.05) is 68.6 Å². The van der Waals surface area contributed by atoms with Crippen LogP contribution in [0.4, 0.5) is 0 Å². The number of allylic oxidation sites excluding steroid dienone is 4. The van der Waals surface area contributed by atoms with Crippen LogP contribution >= 0.6 is 0 Å². The molecule has 2 atom stereocenters. The van der Waals surface area contributed by atoms with Crippen molar-refractivity contribution in [1.29, 1.82) is 0 Å². The fourth-order valence-electron chi connectivity index (χ4n) is 3.00. The van der Waals surface area contributed by atoms with E-state index in [-0.39, 0.29) is 11.8 Å². The molecule has 0 heterocycles. The van der Waals surface area contributed by atoms with Crippen LogP contribution in [0.1, 0.15) is 32.3 Å². The summed E-state index contributed by atoms with van der Waals surface area (Å²) in [5.41, 5.74) is 1.25. The van der Waals surface area contributed by atoms with E-state index in [2.05, 4.69) is 25.0 Å². The molecule has 0 fully saturated rings. The van der Waals surface area contributed by atoms with Crippen molar-refractivity contribution in [3.8, 4) is 0 Å². The number of carbonyl (C=O) groups is 1. The topological polar surface area (TPSA) is 20.3 Å². The van der Waals surface area contributed by atoms with E-state index in [1.165, 1.54) is 0 Å². The van der Waals surface area contributed by atoms with Gasteiger partial charge in [0.05, 0.1) is 5.41 Å². The Labute approximate surface area is 141 Å². The minimum Gasteiger partial charge on any atom is -0.307 e. The highest BCUT2D eigenvalue weighted by Gasteiger charge is 2.42. The van der Waals surface area contributed by atoms with E-state index >= 15 is 0 Å². The molecule has 0 aromatic heterocycles. The molecule has 1 aromatic rings. The van der Waals surface area contributed by atoms with Crippen molar-refractivity contribution in [1.82, 2.24) is 4.90 Å². The molecule has 124 valence electrons. The van der Waals surface area contributed by atoms with Crippen molar-refractivity contribution in [3.63, 3.8) is 0 Å². The molecule has 1 aromatic carbocycles. The summed E-state index contributed by atoms with van der Waals surface area (Å²) in [5.74, 6) is 0.213. The second-order valence-corrected chi connectivity index (χ2v) is 6.13. The molecule has 2 unspecified atom stereocenters. The van der Waals surface area contributed by atoms with E-state index in [1.807, 2.05) is 57.4 Å². The molecule has 1 rings (SSSR count). The zero-order valence-corrected chi connectivity index (χ0v) is 14.9. The predicted molar refractivity (Wildman–Crippen MR) is 99.7 cm³/mol. The van der Waals surface area contributed by atoms with Crippen molar-refractivity contribution in [3.05, 3.63) is 72.9 Å². The predicted octanol–water partition coefficient (Wildman–Crippen LogP) is 4.54. The Morgan fingerprint density at radius 2 is 1.87 bits per heavy atom. The number of benzene rings is 1. The molecule has 0 saturated heterocycles. The molecular formula is C21H29NO. The van der Waals surface area contributed by atoms with Crippen molar-refractivity contribution in [2.45, 2.75) is 38.1 Å². The second kappa shape index (κ2) is 8.64. The van der Waals surface area contributed by atoms with Gasteiger partial charge in [0.15, 0.2) is 0 Å². The van der Waals surface area contributed by atoms with Gasteiger partial charge in [0.25, 0.3) is 0 Å². The number of ketones is 1. The maximum atomic E-state index is 13.1. The van der Waals surface area contributed by atoms with Crippen LogP contribution in [0, 0.1) is 0 Å². The molecule has 0 bridgehead atoms. The summed E-state index contributed by atoms with van der Waals surface area (Å²) in [6, 6.07) is 10.3. The van der Waals surface area contributed by atoms with Gasteiger partial charge < -0.3 is 4.90 Å². The van der Waals surface area contributed by atoms with E-state index in [9.17, 15) is 4.79 Å². The summed E-state index contributed by atoms with van der Waals surface area (Å²) in [4.78, 5) is 15.3. The Balaban J connectivity index is 3.64. The number of hydrogen-bond donors (Lipinski definition) is 0. The van der Waals surface area contributed by atoms with Gasteiger partial charge in [-0.15, -0.1) is 0 Å². The lowest BCUT2D eigenvalue weighted by atomic mass is 9.66. The highest BCUT2D eigenvalue weighted by Crippen LogP contribution is 2.40. The first-order valence-electron chi connectivity index (χ1n) is 8.14. The number of rotatable bonds is 9. The lowest BCUT2D eigenvalue weighted by Gasteiger charge is -2.38. The first-order chi connectivity index (χ1) is 10.9. The molecule has 0 aliphatic heterocycles. The first-order valence-corrected chi connectivity index (χ1v) is 8.14. The third-order valence-corrected chi connectivity index (χ3v) is 4.56. The zero-order chi connectivity index (χ0) is 17.5. The average molecular weight is 311 g/mol. The quantitative estimate of drug-likeness (QED) is 0.624. The van der Waals surface area contributed by atoms with Crippen LogP contribution in [0.15, 0.2) is 67.3 Å². The Hall–Kier alpha value is -1.93. The van der Waals surface area contributed by atoms with Crippen LogP contribution < -0.4 is 0 Å². The summed E-state index contributed by atoms with van der Waals surface area (Å²) in [6.45, 7) is 11.8. The minimum atomic E-state index is -0.685. The molecule has 0 saturated carbocycles. The van der Waals surface area contributed by atoms with E-state index in [0.29, 0.717) is 12.8 Å². The first kappa shape index (κ1) is 19.1. The summed E-state index contributed by atoms with van der Waals surface area (Å²) < 4.78 is 0. The van der Waals surface area contributed by atoms with Gasteiger partial charge in [0.2, 0.25) is 0 Å². The highest BCUT2D eigenvalue weighted by atomic mass is 16.1. The van der Waals surface area contributed by atoms with E-state index in [4.69, 9.17) is 0 Å². The SMILES string of the molecule is C=C/C=C(\C=C)C(CC(C)N(C)C)(C(=O)CC)c1ccccc1. The second-order valence-electron chi connectivity index (χ2n) is 6.13. The van der Waals surface area contributed by atoms with Gasteiger partial charge in [0, 0.05) is 12.5 Å². The molecular weight excluding hydrogens is 282 g/mol. The molecule has 2 heteroatoms. The van der Waals surface area contributed by atoms with Gasteiger partial charge in [-0.2, -0.15) is 0 Å². The normalized spacial score (nSPS) is 15.8. The summed E-state index contributed by atoms with van der Waals surface area (Å²) in [6.07, 6.45) is 6.64. The van der Waals surface area contributed by atoms with Crippen LogP contribution in [0.25, 0.3) is 0 Å². The smallest absolute Gasteiger partial charge is 0.147 e. The van der Waals surface area contributed by atoms with Crippen molar-refractivity contribution < 1.29 is 4.79 Å². The van der Waals surface area contributed by atoms with Crippen LogP contribution in [0.5, 0.6) is 0 Å². The van der Waals surface area contributed by atoms with Gasteiger partial charge in [0.1, 0.15) is 5.78 Å². The average Bonchev–Trinajstić information content (AvgIpc) is 2.57. The fourth-order valence-corrected chi connectivity index (χ4v) is 3.00. The molecule has 0 spiro atoms. The summed E-state index contributed by atoms with van der Waals surface area (Å²) >= 11 is 0. The fraction of sp³-hybridized carbons (Fsp3) is 0.381. The highest BCUT2D eigenvalue weighted by molar-refractivity contribution is 5.94. The van der Waals surface area contributed by atoms with Crippen molar-refractivity contribution >= 4 is 5.78 Å². The van der Waals surface area contributed by atoms with Crippen LogP contribution in [-0.4, -0.2) is 30.8 Å². The Bertz CT molecular complexity index is 571. The lowest BCUT2D eigenvalue weighted by Crippen LogP contribution is -2.43. The van der Waals surface area contributed by atoms with E-state index in [0.717, 1.165) is 11.1 Å². The number of carbonyl (C=O) groups excluding carboxylic acids is 1. The third-order valence-electron chi connectivity index (χ3n) is 4.56. The monoisotopic (exact) mass is 311 g/mol. The number of nitrogens with zero attached hydrogens (tertiary/aromatic N) is 1. The maximum Gasteiger partial charge on any atom is 0.147 e. The van der Waals surface area contributed by atoms with Crippen molar-refractivity contribution in [2.75, 3.05) is 14.1 Å². The van der Waals surface area contributed by atoms with Crippen LogP contribution in [-0.2, 0) is 10.2 Å². The maximum absolute atomic E-state index is 13.1. The largest absolute Gasteiger partial charge is 0.307 e. The third kappa shape index (κ3) is 4.08. The molecule has 2 nitrogen and oxygen atoms in total. The zero-order valence-electron chi connectivity index (χ0n) is 14.9. The minimum absolute atomic E-state index is 0.213. The summed E-state index contributed by atoms with van der Waals surface area (Å²) in [7, 11) is 4.09. The molecule has 23 heavy (non-hydrogen) atoms. The molecule has 0 aliphatic rings. The standard InChI is InChI=1S/C21H29NO/c1-7-13-18(8-2)21(20(23)9-3,16-17(4)22(5)6)19-14-11-10-12-15-19/h7-8,10-15,17H,1-2,9,16H2,3-6H3/b18-13+. The Morgan fingerprint density at radius 3 is 2.30 bits per heavy atom. The van der Waals surface area contributed by atoms with Gasteiger partial charge in [-0.05, 0) is 38.6 Å². The molecule has 0 N–H and O–H groups in total. The number of Topliss-reactive ketones (excluding diaryl/α,β-unsaturated/α-hetero) is 1. The number of hydrogen-bond acceptors (Lipinski definition) is 2. The van der Waals surface area contributed by atoms with Crippen LogP contribution in [0.3, 0.4) is 0 Å². The van der Waals surface area contributed by atoms with Crippen LogP contribution in [0.2, 0.25) is 0 Å². The van der Waals surface area contributed by atoms with E-state index in [1.54, 1.807) is 12.2 Å². The van der Waals surface area contributed by atoms with Gasteiger partial charge in [-0.25, -0.2) is 0 Å². The Morgan fingerprint density at radius 1 is 1.26 bits per heavy atom. The van der Waals surface area contributed by atoms with E-state index < -0.39 is 5.41 Å². The van der Waals surface area contributed by atoms with Gasteiger partial charge in [-0.3, -0.25) is 4.79 Å². The molecule has 0 aliphatic carbocycles. The molecule has 0 amide bonds.